The van der Waals surface area contributed by atoms with Gasteiger partial charge in [-0.25, -0.2) is 0 Å². The molecule has 2 aliphatic rings. The molecule has 3 heterocycles. The maximum Gasteiger partial charge on any atom is 0.505 e. The summed E-state index contributed by atoms with van der Waals surface area (Å²) in [7, 11) is -0.203. The van der Waals surface area contributed by atoms with Crippen LogP contribution >= 0.6 is 11.3 Å². The van der Waals surface area contributed by atoms with Gasteiger partial charge in [0.25, 0.3) is 0 Å². The second kappa shape index (κ2) is 4.07. The fraction of sp³-hybridized carbons (Fsp3) is 0.692. The fourth-order valence-corrected chi connectivity index (χ4v) is 3.50. The molecule has 2 aliphatic heterocycles. The SMILES string of the molecule is CC1(C)OB(c2cc3c(s2)CCNC3)OC1(C)C. The van der Waals surface area contributed by atoms with Gasteiger partial charge in [-0.2, -0.15) is 0 Å². The lowest BCUT2D eigenvalue weighted by molar-refractivity contribution is 0.00578. The highest BCUT2D eigenvalue weighted by molar-refractivity contribution is 7.22. The van der Waals surface area contributed by atoms with Gasteiger partial charge < -0.3 is 14.6 Å². The standard InChI is InChI=1S/C13H20BNO2S/c1-12(2)13(3,4)17-14(16-12)11-7-9-8-15-6-5-10(9)18-11/h7,15H,5-6,8H2,1-4H3. The van der Waals surface area contributed by atoms with Gasteiger partial charge in [-0.15, -0.1) is 11.3 Å². The lowest BCUT2D eigenvalue weighted by atomic mass is 9.87. The molecule has 0 atom stereocenters. The maximum atomic E-state index is 6.10. The molecule has 5 heteroatoms. The zero-order chi connectivity index (χ0) is 13.0. The average molecular weight is 265 g/mol. The summed E-state index contributed by atoms with van der Waals surface area (Å²) in [5, 5.41) is 3.40. The highest BCUT2D eigenvalue weighted by Gasteiger charge is 2.52. The van der Waals surface area contributed by atoms with Gasteiger partial charge in [0.2, 0.25) is 0 Å². The number of rotatable bonds is 1. The van der Waals surface area contributed by atoms with Crippen LogP contribution in [0.15, 0.2) is 6.07 Å². The summed E-state index contributed by atoms with van der Waals surface area (Å²) in [4.78, 5) is 1.48. The number of nitrogens with one attached hydrogen (secondary N) is 1. The Morgan fingerprint density at radius 2 is 1.89 bits per heavy atom. The molecule has 1 aromatic rings. The van der Waals surface area contributed by atoms with E-state index in [1.807, 2.05) is 11.3 Å². The molecule has 1 saturated heterocycles. The molecule has 0 aliphatic carbocycles. The van der Waals surface area contributed by atoms with Crippen molar-refractivity contribution in [2.45, 2.75) is 51.9 Å². The van der Waals surface area contributed by atoms with E-state index in [1.54, 1.807) is 0 Å². The summed E-state index contributed by atoms with van der Waals surface area (Å²) in [6.07, 6.45) is 1.12. The summed E-state index contributed by atoms with van der Waals surface area (Å²) in [6.45, 7) is 10.5. The molecule has 1 aromatic heterocycles. The Morgan fingerprint density at radius 3 is 2.50 bits per heavy atom. The molecule has 0 amide bonds. The zero-order valence-corrected chi connectivity index (χ0v) is 12.3. The van der Waals surface area contributed by atoms with Gasteiger partial charge in [-0.3, -0.25) is 0 Å². The fourth-order valence-electron chi connectivity index (χ4n) is 2.35. The third kappa shape index (κ3) is 1.93. The second-order valence-electron chi connectivity index (χ2n) is 6.11. The van der Waals surface area contributed by atoms with Gasteiger partial charge in [-0.05, 0) is 45.7 Å². The topological polar surface area (TPSA) is 30.5 Å². The smallest absolute Gasteiger partial charge is 0.399 e. The van der Waals surface area contributed by atoms with Crippen LogP contribution in [0.1, 0.15) is 38.1 Å². The van der Waals surface area contributed by atoms with Crippen LogP contribution < -0.4 is 10.1 Å². The summed E-state index contributed by atoms with van der Waals surface area (Å²) < 4.78 is 13.4. The van der Waals surface area contributed by atoms with Crippen LogP contribution in [0.2, 0.25) is 0 Å². The Hall–Kier alpha value is -0.355. The number of thiophene rings is 1. The molecule has 1 fully saturated rings. The van der Waals surface area contributed by atoms with Gasteiger partial charge in [0.15, 0.2) is 0 Å². The predicted octanol–water partition coefficient (Wildman–Crippen LogP) is 1.69. The molecule has 98 valence electrons. The van der Waals surface area contributed by atoms with Crippen molar-refractivity contribution in [3.8, 4) is 0 Å². The van der Waals surface area contributed by atoms with Crippen LogP contribution in [-0.2, 0) is 22.3 Å². The van der Waals surface area contributed by atoms with Crippen LogP contribution in [0.4, 0.5) is 0 Å². The van der Waals surface area contributed by atoms with E-state index in [9.17, 15) is 0 Å². The zero-order valence-electron chi connectivity index (χ0n) is 11.5. The van der Waals surface area contributed by atoms with Crippen molar-refractivity contribution in [1.82, 2.24) is 5.32 Å². The molecule has 0 spiro atoms. The minimum atomic E-state index is -0.250. The number of hydrogen-bond donors (Lipinski definition) is 1. The largest absolute Gasteiger partial charge is 0.505 e. The van der Waals surface area contributed by atoms with Crippen LogP contribution in [0.5, 0.6) is 0 Å². The van der Waals surface area contributed by atoms with Crippen molar-refractivity contribution in [3.05, 3.63) is 16.5 Å². The van der Waals surface area contributed by atoms with E-state index in [0.29, 0.717) is 0 Å². The third-order valence-corrected chi connectivity index (χ3v) is 5.50. The minimum Gasteiger partial charge on any atom is -0.399 e. The highest BCUT2D eigenvalue weighted by atomic mass is 32.1. The summed E-state index contributed by atoms with van der Waals surface area (Å²) in [6, 6.07) is 2.24. The first-order valence-electron chi connectivity index (χ1n) is 6.57. The highest BCUT2D eigenvalue weighted by Crippen LogP contribution is 2.37. The van der Waals surface area contributed by atoms with E-state index in [1.165, 1.54) is 15.2 Å². The Bertz CT molecular complexity index is 430. The lowest BCUT2D eigenvalue weighted by Crippen LogP contribution is -2.41. The van der Waals surface area contributed by atoms with E-state index in [2.05, 4.69) is 39.1 Å². The van der Waals surface area contributed by atoms with Crippen LogP contribution in [0.25, 0.3) is 0 Å². The Kier molecular flexibility index (Phi) is 2.86. The summed E-state index contributed by atoms with van der Waals surface area (Å²) >= 11 is 1.84. The molecule has 3 rings (SSSR count). The molecule has 0 saturated carbocycles. The quantitative estimate of drug-likeness (QED) is 0.784. The summed E-state index contributed by atoms with van der Waals surface area (Å²) in [5.74, 6) is 0. The molecule has 1 N–H and O–H groups in total. The van der Waals surface area contributed by atoms with Crippen LogP contribution in [0, 0.1) is 0 Å². The monoisotopic (exact) mass is 265 g/mol. The molecular formula is C13H20BNO2S. The Morgan fingerprint density at radius 1 is 1.22 bits per heavy atom. The third-order valence-electron chi connectivity index (χ3n) is 4.25. The van der Waals surface area contributed by atoms with Gasteiger partial charge in [0.1, 0.15) is 0 Å². The van der Waals surface area contributed by atoms with Crippen molar-refractivity contribution in [2.24, 2.45) is 0 Å². The normalized spacial score (nSPS) is 25.2. The molecular weight excluding hydrogens is 245 g/mol. The molecule has 0 unspecified atom stereocenters. The number of fused-ring (bicyclic) bond motifs is 1. The lowest BCUT2D eigenvalue weighted by Gasteiger charge is -2.32. The molecule has 18 heavy (non-hydrogen) atoms. The molecule has 0 bridgehead atoms. The Balaban J connectivity index is 1.87. The predicted molar refractivity (Wildman–Crippen MR) is 75.4 cm³/mol. The molecule has 0 aromatic carbocycles. The Labute approximate surface area is 113 Å². The van der Waals surface area contributed by atoms with Gasteiger partial charge in [0.05, 0.1) is 11.2 Å². The van der Waals surface area contributed by atoms with Crippen LogP contribution in [-0.4, -0.2) is 24.9 Å². The van der Waals surface area contributed by atoms with E-state index < -0.39 is 0 Å². The van der Waals surface area contributed by atoms with Crippen molar-refractivity contribution < 1.29 is 9.31 Å². The first-order valence-corrected chi connectivity index (χ1v) is 7.38. The maximum absolute atomic E-state index is 6.10. The van der Waals surface area contributed by atoms with Gasteiger partial charge >= 0.3 is 7.12 Å². The van der Waals surface area contributed by atoms with Crippen molar-refractivity contribution in [3.63, 3.8) is 0 Å². The molecule has 0 radical (unpaired) electrons. The van der Waals surface area contributed by atoms with Gasteiger partial charge in [-0.1, -0.05) is 0 Å². The van der Waals surface area contributed by atoms with E-state index in [4.69, 9.17) is 9.31 Å². The van der Waals surface area contributed by atoms with Crippen molar-refractivity contribution >= 4 is 23.2 Å². The van der Waals surface area contributed by atoms with E-state index >= 15 is 0 Å². The van der Waals surface area contributed by atoms with Gasteiger partial charge in [0, 0.05) is 22.7 Å². The number of hydrogen-bond acceptors (Lipinski definition) is 4. The second-order valence-corrected chi connectivity index (χ2v) is 7.28. The summed E-state index contributed by atoms with van der Waals surface area (Å²) in [5.41, 5.74) is 0.914. The first kappa shape index (κ1) is 12.7. The van der Waals surface area contributed by atoms with Crippen LogP contribution in [0.3, 0.4) is 0 Å². The van der Waals surface area contributed by atoms with E-state index in [-0.39, 0.29) is 18.3 Å². The average Bonchev–Trinajstić information content (AvgIpc) is 2.78. The van der Waals surface area contributed by atoms with Crippen molar-refractivity contribution in [1.29, 1.82) is 0 Å². The van der Waals surface area contributed by atoms with E-state index in [0.717, 1.165) is 19.5 Å². The minimum absolute atomic E-state index is 0.203. The molecule has 3 nitrogen and oxygen atoms in total. The first-order chi connectivity index (χ1) is 8.39. The van der Waals surface area contributed by atoms with Crippen molar-refractivity contribution in [2.75, 3.05) is 6.54 Å².